The molecule has 4 aliphatic carbocycles. The lowest BCUT2D eigenvalue weighted by atomic mass is 9.52. The SMILES string of the molecule is CO[C@@H]1CC[C@@]2(C)[C@H](CC[C@H]3[C@@H]4CC[C@@]5(CC(C)=C4C[C@@H]32)O[C@@H]2CCCN[C@H]2[C@H]5C)C1. The van der Waals surface area contributed by atoms with E-state index in [-0.39, 0.29) is 5.60 Å². The number of allylic oxidation sites excluding steroid dienone is 1. The van der Waals surface area contributed by atoms with Gasteiger partial charge in [0.15, 0.2) is 0 Å². The Hall–Kier alpha value is -0.380. The van der Waals surface area contributed by atoms with Crippen molar-refractivity contribution < 1.29 is 9.47 Å². The van der Waals surface area contributed by atoms with Gasteiger partial charge in [-0.1, -0.05) is 25.0 Å². The normalized spacial score (nSPS) is 54.2. The first-order valence-corrected chi connectivity index (χ1v) is 13.6. The molecule has 6 rings (SSSR count). The third kappa shape index (κ3) is 3.08. The second kappa shape index (κ2) is 7.57. The maximum atomic E-state index is 6.98. The van der Waals surface area contributed by atoms with Crippen molar-refractivity contribution in [1.29, 1.82) is 0 Å². The van der Waals surface area contributed by atoms with Gasteiger partial charge in [0.05, 0.1) is 17.8 Å². The predicted octanol–water partition coefficient (Wildman–Crippen LogP) is 5.88. The predicted molar refractivity (Wildman–Crippen MR) is 125 cm³/mol. The Balaban J connectivity index is 1.27. The lowest BCUT2D eigenvalue weighted by Crippen LogP contribution is -2.47. The van der Waals surface area contributed by atoms with Gasteiger partial charge in [0, 0.05) is 19.1 Å². The minimum atomic E-state index is 0.0984. The molecular formula is C28H45NO2. The molecule has 1 spiro atoms. The van der Waals surface area contributed by atoms with Crippen molar-refractivity contribution in [2.45, 2.75) is 115 Å². The van der Waals surface area contributed by atoms with E-state index in [1.165, 1.54) is 77.2 Å². The Morgan fingerprint density at radius 3 is 2.77 bits per heavy atom. The van der Waals surface area contributed by atoms with Gasteiger partial charge < -0.3 is 14.8 Å². The summed E-state index contributed by atoms with van der Waals surface area (Å²) in [5.41, 5.74) is 4.24. The molecule has 1 N–H and O–H groups in total. The van der Waals surface area contributed by atoms with Gasteiger partial charge in [0.25, 0.3) is 0 Å². The van der Waals surface area contributed by atoms with E-state index in [9.17, 15) is 0 Å². The van der Waals surface area contributed by atoms with Crippen LogP contribution in [0.15, 0.2) is 11.1 Å². The van der Waals surface area contributed by atoms with E-state index in [0.29, 0.717) is 29.6 Å². The molecule has 0 amide bonds. The Bertz CT molecular complexity index is 747. The van der Waals surface area contributed by atoms with Crippen molar-refractivity contribution in [1.82, 2.24) is 5.32 Å². The van der Waals surface area contributed by atoms with Gasteiger partial charge >= 0.3 is 0 Å². The van der Waals surface area contributed by atoms with Crippen LogP contribution in [0.2, 0.25) is 0 Å². The van der Waals surface area contributed by atoms with Crippen molar-refractivity contribution in [3.63, 3.8) is 0 Å². The van der Waals surface area contributed by atoms with E-state index in [2.05, 4.69) is 26.1 Å². The molecule has 174 valence electrons. The van der Waals surface area contributed by atoms with Crippen LogP contribution in [0.25, 0.3) is 0 Å². The molecule has 10 atom stereocenters. The molecule has 31 heavy (non-hydrogen) atoms. The Labute approximate surface area is 190 Å². The summed E-state index contributed by atoms with van der Waals surface area (Å²) in [6, 6.07) is 0.586. The number of piperidine rings is 1. The highest BCUT2D eigenvalue weighted by atomic mass is 16.5. The average Bonchev–Trinajstić information content (AvgIpc) is 3.24. The Morgan fingerprint density at radius 2 is 1.97 bits per heavy atom. The minimum absolute atomic E-state index is 0.0984. The van der Waals surface area contributed by atoms with Crippen LogP contribution in [0, 0.1) is 35.0 Å². The molecule has 0 radical (unpaired) electrons. The van der Waals surface area contributed by atoms with Crippen molar-refractivity contribution in [3.05, 3.63) is 11.1 Å². The van der Waals surface area contributed by atoms with E-state index >= 15 is 0 Å². The van der Waals surface area contributed by atoms with E-state index in [0.717, 1.165) is 23.7 Å². The van der Waals surface area contributed by atoms with Crippen LogP contribution in [0.3, 0.4) is 0 Å². The van der Waals surface area contributed by atoms with E-state index in [1.807, 2.05) is 12.7 Å². The zero-order valence-corrected chi connectivity index (χ0v) is 20.4. The van der Waals surface area contributed by atoms with Crippen LogP contribution in [-0.2, 0) is 9.47 Å². The number of hydrogen-bond donors (Lipinski definition) is 1. The maximum absolute atomic E-state index is 6.98. The molecule has 3 heteroatoms. The quantitative estimate of drug-likeness (QED) is 0.530. The van der Waals surface area contributed by atoms with Gasteiger partial charge in [-0.05, 0) is 113 Å². The van der Waals surface area contributed by atoms with Crippen LogP contribution in [-0.4, -0.2) is 37.5 Å². The second-order valence-electron chi connectivity index (χ2n) is 12.6. The van der Waals surface area contributed by atoms with Crippen LogP contribution in [0.4, 0.5) is 0 Å². The summed E-state index contributed by atoms with van der Waals surface area (Å²) in [5.74, 6) is 4.21. The number of hydrogen-bond acceptors (Lipinski definition) is 3. The fourth-order valence-electron chi connectivity index (χ4n) is 9.80. The number of nitrogens with one attached hydrogen (secondary N) is 1. The highest BCUT2D eigenvalue weighted by molar-refractivity contribution is 5.29. The molecule has 2 heterocycles. The first-order valence-electron chi connectivity index (χ1n) is 13.6. The maximum Gasteiger partial charge on any atom is 0.0765 e. The average molecular weight is 428 g/mol. The molecule has 3 nitrogen and oxygen atoms in total. The number of methoxy groups -OCH3 is 1. The van der Waals surface area contributed by atoms with Gasteiger partial charge in [-0.3, -0.25) is 0 Å². The van der Waals surface area contributed by atoms with Gasteiger partial charge in [-0.25, -0.2) is 0 Å². The highest BCUT2D eigenvalue weighted by Crippen LogP contribution is 2.65. The van der Waals surface area contributed by atoms with E-state index in [1.54, 1.807) is 5.57 Å². The fourth-order valence-corrected chi connectivity index (χ4v) is 9.80. The summed E-state index contributed by atoms with van der Waals surface area (Å²) in [7, 11) is 1.92. The second-order valence-corrected chi connectivity index (χ2v) is 12.6. The van der Waals surface area contributed by atoms with Gasteiger partial charge in [0.1, 0.15) is 0 Å². The number of rotatable bonds is 1. The first kappa shape index (κ1) is 21.2. The molecule has 3 saturated carbocycles. The van der Waals surface area contributed by atoms with Crippen molar-refractivity contribution in [3.8, 4) is 0 Å². The van der Waals surface area contributed by atoms with Gasteiger partial charge in [-0.15, -0.1) is 0 Å². The summed E-state index contributed by atoms with van der Waals surface area (Å²) in [6.45, 7) is 8.83. The molecule has 5 fully saturated rings. The standard InChI is InChI=1S/C28H45NO2/c1-17-16-28(18(2)26-25(31-28)6-5-13-29-26)12-10-21-22-8-7-19-14-20(30-4)9-11-27(19,3)24(22)15-23(17)21/h18-22,24-26,29H,5-16H2,1-4H3/t18-,19-,20-,21+,22+,24+,25-,26+,27+,28+/m1/s1. The summed E-state index contributed by atoms with van der Waals surface area (Å²) < 4.78 is 12.8. The van der Waals surface area contributed by atoms with Crippen molar-refractivity contribution in [2.24, 2.45) is 35.0 Å². The third-order valence-electron chi connectivity index (χ3n) is 11.6. The molecule has 0 bridgehead atoms. The summed E-state index contributed by atoms with van der Waals surface area (Å²) in [4.78, 5) is 0. The van der Waals surface area contributed by atoms with Crippen LogP contribution in [0.1, 0.15) is 91.4 Å². The molecule has 0 aromatic rings. The first-order chi connectivity index (χ1) is 14.9. The summed E-state index contributed by atoms with van der Waals surface area (Å²) >= 11 is 0. The third-order valence-corrected chi connectivity index (χ3v) is 11.6. The topological polar surface area (TPSA) is 30.5 Å². The molecule has 2 saturated heterocycles. The fraction of sp³-hybridized carbons (Fsp3) is 0.929. The van der Waals surface area contributed by atoms with Crippen molar-refractivity contribution in [2.75, 3.05) is 13.7 Å². The van der Waals surface area contributed by atoms with Crippen LogP contribution >= 0.6 is 0 Å². The molecule has 6 aliphatic rings. The number of ether oxygens (including phenoxy) is 2. The lowest BCUT2D eigenvalue weighted by molar-refractivity contribution is -0.0830. The largest absolute Gasteiger partial charge is 0.381 e. The smallest absolute Gasteiger partial charge is 0.0765 e. The van der Waals surface area contributed by atoms with Crippen molar-refractivity contribution >= 4 is 0 Å². The van der Waals surface area contributed by atoms with Gasteiger partial charge in [0.2, 0.25) is 0 Å². The summed E-state index contributed by atoms with van der Waals surface area (Å²) in [5, 5.41) is 3.83. The van der Waals surface area contributed by atoms with Crippen LogP contribution in [0.5, 0.6) is 0 Å². The molecule has 0 unspecified atom stereocenters. The highest BCUT2D eigenvalue weighted by Gasteiger charge is 2.59. The lowest BCUT2D eigenvalue weighted by Gasteiger charge is -2.54. The zero-order chi connectivity index (χ0) is 21.4. The summed E-state index contributed by atoms with van der Waals surface area (Å²) in [6.07, 6.45) is 15.6. The van der Waals surface area contributed by atoms with E-state index in [4.69, 9.17) is 9.47 Å². The minimum Gasteiger partial charge on any atom is -0.381 e. The van der Waals surface area contributed by atoms with E-state index < -0.39 is 0 Å². The monoisotopic (exact) mass is 427 g/mol. The molecule has 2 aliphatic heterocycles. The number of fused-ring (bicyclic) bond motifs is 6. The Morgan fingerprint density at radius 1 is 1.10 bits per heavy atom. The molecule has 0 aromatic heterocycles. The Kier molecular flexibility index (Phi) is 5.17. The van der Waals surface area contributed by atoms with Gasteiger partial charge in [-0.2, -0.15) is 0 Å². The van der Waals surface area contributed by atoms with Crippen LogP contribution < -0.4 is 5.32 Å². The molecular weight excluding hydrogens is 382 g/mol. The molecule has 0 aromatic carbocycles. The zero-order valence-electron chi connectivity index (χ0n) is 20.4.